The van der Waals surface area contributed by atoms with Crippen molar-refractivity contribution < 1.29 is 22.8 Å². The number of piperidine rings is 1. The van der Waals surface area contributed by atoms with E-state index < -0.39 is 11.9 Å². The van der Waals surface area contributed by atoms with Crippen LogP contribution in [-0.2, 0) is 23.9 Å². The third kappa shape index (κ3) is 5.62. The van der Waals surface area contributed by atoms with Gasteiger partial charge >= 0.3 is 6.18 Å². The van der Waals surface area contributed by atoms with Crippen LogP contribution in [0.15, 0.2) is 48.7 Å². The van der Waals surface area contributed by atoms with Crippen LogP contribution < -0.4 is 5.32 Å². The van der Waals surface area contributed by atoms with Crippen molar-refractivity contribution in [1.82, 2.24) is 25.0 Å². The van der Waals surface area contributed by atoms with Crippen molar-refractivity contribution in [3.63, 3.8) is 0 Å². The van der Waals surface area contributed by atoms with Crippen molar-refractivity contribution in [3.05, 3.63) is 82.4 Å². The summed E-state index contributed by atoms with van der Waals surface area (Å²) >= 11 is 0. The quantitative estimate of drug-likeness (QED) is 0.446. The minimum Gasteiger partial charge on any atom is -0.344 e. The topological polar surface area (TPSA) is 80.1 Å². The van der Waals surface area contributed by atoms with Crippen LogP contribution >= 0.6 is 0 Å². The maximum Gasteiger partial charge on any atom is 0.435 e. The molecule has 3 aromatic rings. The second-order valence-electron chi connectivity index (χ2n) is 11.1. The second-order valence-corrected chi connectivity index (χ2v) is 11.1. The largest absolute Gasteiger partial charge is 0.435 e. The Labute approximate surface area is 230 Å². The van der Waals surface area contributed by atoms with Gasteiger partial charge in [-0.1, -0.05) is 24.3 Å². The van der Waals surface area contributed by atoms with E-state index in [9.17, 15) is 22.8 Å². The van der Waals surface area contributed by atoms with Crippen molar-refractivity contribution in [2.45, 2.75) is 75.5 Å². The second kappa shape index (κ2) is 10.7. The van der Waals surface area contributed by atoms with Gasteiger partial charge in [0.05, 0.1) is 6.04 Å². The van der Waals surface area contributed by atoms with Gasteiger partial charge in [-0.05, 0) is 85.8 Å². The number of pyridine rings is 1. The Morgan fingerprint density at radius 1 is 0.975 bits per heavy atom. The summed E-state index contributed by atoms with van der Waals surface area (Å²) < 4.78 is 40.9. The number of nitrogens with zero attached hydrogens (tertiary/aromatic N) is 4. The van der Waals surface area contributed by atoms with Crippen molar-refractivity contribution in [3.8, 4) is 0 Å². The highest BCUT2D eigenvalue weighted by molar-refractivity contribution is 5.92. The number of rotatable bonds is 6. The number of carbonyl (C=O) groups is 2. The molecule has 0 unspecified atom stereocenters. The van der Waals surface area contributed by atoms with E-state index in [1.54, 1.807) is 11.1 Å². The fraction of sp³-hybridized carbons (Fsp3) is 0.467. The molecule has 40 heavy (non-hydrogen) atoms. The summed E-state index contributed by atoms with van der Waals surface area (Å²) in [6, 6.07) is 13.0. The minimum absolute atomic E-state index is 0.0282. The predicted molar refractivity (Wildman–Crippen MR) is 142 cm³/mol. The first-order chi connectivity index (χ1) is 19.3. The number of likely N-dealkylation sites (tertiary alicyclic amines) is 1. The molecule has 1 saturated heterocycles. The minimum atomic E-state index is -4.53. The normalized spacial score (nSPS) is 19.8. The molecule has 210 valence electrons. The Balaban J connectivity index is 1.07. The van der Waals surface area contributed by atoms with Crippen molar-refractivity contribution >= 4 is 11.8 Å². The summed E-state index contributed by atoms with van der Waals surface area (Å²) in [6.07, 6.45) is 3.13. The Morgan fingerprint density at radius 3 is 2.50 bits per heavy atom. The lowest BCUT2D eigenvalue weighted by molar-refractivity contribution is -0.142. The first-order valence-electron chi connectivity index (χ1n) is 14.0. The Bertz CT molecular complexity index is 1410. The molecule has 0 radical (unpaired) electrons. The first-order valence-corrected chi connectivity index (χ1v) is 14.0. The Kier molecular flexibility index (Phi) is 7.10. The van der Waals surface area contributed by atoms with E-state index in [1.165, 1.54) is 15.8 Å². The molecule has 2 amide bonds. The summed E-state index contributed by atoms with van der Waals surface area (Å²) in [5.74, 6) is -0.203. The molecule has 1 saturated carbocycles. The van der Waals surface area contributed by atoms with Gasteiger partial charge in [-0.25, -0.2) is 0 Å². The molecule has 3 heterocycles. The van der Waals surface area contributed by atoms with Crippen LogP contribution in [0.4, 0.5) is 13.2 Å². The Morgan fingerprint density at radius 2 is 1.75 bits per heavy atom. The van der Waals surface area contributed by atoms with Crippen LogP contribution in [0, 0.1) is 0 Å². The third-order valence-corrected chi connectivity index (χ3v) is 8.39. The molecule has 1 aliphatic heterocycles. The number of benzene rings is 1. The van der Waals surface area contributed by atoms with Crippen LogP contribution in [0.3, 0.4) is 0 Å². The van der Waals surface area contributed by atoms with Crippen LogP contribution in [0.1, 0.15) is 95.0 Å². The highest BCUT2D eigenvalue weighted by Gasteiger charge is 2.38. The average molecular weight is 552 g/mol. The first kappa shape index (κ1) is 26.5. The highest BCUT2D eigenvalue weighted by atomic mass is 19.4. The molecular formula is C30H32F3N5O2. The average Bonchev–Trinajstić information content (AvgIpc) is 3.72. The number of carbonyl (C=O) groups excluding carboxylic acids is 2. The highest BCUT2D eigenvalue weighted by Crippen LogP contribution is 2.42. The van der Waals surface area contributed by atoms with E-state index >= 15 is 0 Å². The molecule has 1 atom stereocenters. The number of aromatic nitrogens is 3. The lowest BCUT2D eigenvalue weighted by atomic mass is 9.87. The molecule has 0 bridgehead atoms. The zero-order chi connectivity index (χ0) is 27.9. The monoisotopic (exact) mass is 551 g/mol. The van der Waals surface area contributed by atoms with Gasteiger partial charge in [-0.2, -0.15) is 18.3 Å². The predicted octanol–water partition coefficient (Wildman–Crippen LogP) is 5.39. The van der Waals surface area contributed by atoms with Gasteiger partial charge in [-0.3, -0.25) is 19.3 Å². The van der Waals surface area contributed by atoms with Gasteiger partial charge in [0.15, 0.2) is 5.69 Å². The van der Waals surface area contributed by atoms with Gasteiger partial charge in [0.1, 0.15) is 12.2 Å². The lowest BCUT2D eigenvalue weighted by Crippen LogP contribution is -2.40. The fourth-order valence-corrected chi connectivity index (χ4v) is 6.06. The summed E-state index contributed by atoms with van der Waals surface area (Å²) in [4.78, 5) is 32.1. The lowest BCUT2D eigenvalue weighted by Gasteiger charge is -2.32. The maximum atomic E-state index is 13.2. The molecule has 1 aromatic carbocycles. The number of hydrogen-bond donors (Lipinski definition) is 1. The van der Waals surface area contributed by atoms with E-state index in [2.05, 4.69) is 27.5 Å². The molecular weight excluding hydrogens is 519 g/mol. The smallest absolute Gasteiger partial charge is 0.344 e. The van der Waals surface area contributed by atoms with Crippen LogP contribution in [0.2, 0.25) is 0 Å². The molecule has 7 nitrogen and oxygen atoms in total. The maximum absolute atomic E-state index is 13.2. The van der Waals surface area contributed by atoms with Crippen molar-refractivity contribution in [1.29, 1.82) is 0 Å². The molecule has 1 N–H and O–H groups in total. The van der Waals surface area contributed by atoms with Crippen molar-refractivity contribution in [2.24, 2.45) is 0 Å². The van der Waals surface area contributed by atoms with E-state index in [0.29, 0.717) is 37.3 Å². The van der Waals surface area contributed by atoms with E-state index in [-0.39, 0.29) is 36.2 Å². The standard InChI is InChI=1S/C30H32F3N5O2/c31-30(32,33)27-17-26(21-8-9-21)38(36-27)18-28(39)37-14-11-19(12-15-37)22-10-13-34-25(16-22)29(40)35-24-7-3-5-20-4-1-2-6-23(20)24/h1-2,4,6,10,13,16-17,19,21,24H,3,5,7-9,11-12,14-15,18H2,(H,35,40)/t24-/m1/s1. The van der Waals surface area contributed by atoms with E-state index in [0.717, 1.165) is 43.7 Å². The number of alkyl halides is 3. The van der Waals surface area contributed by atoms with Gasteiger partial charge in [-0.15, -0.1) is 0 Å². The summed E-state index contributed by atoms with van der Waals surface area (Å²) in [5.41, 5.74) is 3.39. The van der Waals surface area contributed by atoms with Crippen LogP contribution in [0.5, 0.6) is 0 Å². The van der Waals surface area contributed by atoms with Gasteiger partial charge < -0.3 is 10.2 Å². The zero-order valence-corrected chi connectivity index (χ0v) is 22.2. The number of hydrogen-bond acceptors (Lipinski definition) is 4. The molecule has 2 fully saturated rings. The van der Waals surface area contributed by atoms with E-state index in [1.807, 2.05) is 24.3 Å². The molecule has 0 spiro atoms. The number of aryl methyl sites for hydroxylation is 1. The van der Waals surface area contributed by atoms with Crippen LogP contribution in [-0.4, -0.2) is 44.6 Å². The molecule has 2 aliphatic carbocycles. The fourth-order valence-electron chi connectivity index (χ4n) is 6.06. The molecule has 3 aliphatic rings. The molecule has 2 aromatic heterocycles. The number of nitrogens with one attached hydrogen (secondary N) is 1. The van der Waals surface area contributed by atoms with Gasteiger partial charge in [0.2, 0.25) is 5.91 Å². The van der Waals surface area contributed by atoms with Crippen LogP contribution in [0.25, 0.3) is 0 Å². The SMILES string of the molecule is O=C(N[C@@H]1CCCc2ccccc21)c1cc(C2CCN(C(=O)Cn3nc(C(F)(F)F)cc3C3CC3)CC2)ccn1. The van der Waals surface area contributed by atoms with E-state index in [4.69, 9.17) is 0 Å². The summed E-state index contributed by atoms with van der Waals surface area (Å²) in [5, 5.41) is 6.88. The molecule has 6 rings (SSSR count). The number of fused-ring (bicyclic) bond motifs is 1. The molecule has 10 heteroatoms. The van der Waals surface area contributed by atoms with Gasteiger partial charge in [0.25, 0.3) is 5.91 Å². The Hall–Kier alpha value is -3.69. The number of amides is 2. The van der Waals surface area contributed by atoms with Gasteiger partial charge in [0, 0.05) is 30.9 Å². The third-order valence-electron chi connectivity index (χ3n) is 8.39. The summed E-state index contributed by atoms with van der Waals surface area (Å²) in [7, 11) is 0. The zero-order valence-electron chi connectivity index (χ0n) is 22.2. The summed E-state index contributed by atoms with van der Waals surface area (Å²) in [6.45, 7) is 0.813. The van der Waals surface area contributed by atoms with Crippen molar-refractivity contribution in [2.75, 3.05) is 13.1 Å². The number of halogens is 3.